The fraction of sp³-hybridized carbons (Fsp3) is 0.350. The van der Waals surface area contributed by atoms with E-state index in [0.717, 1.165) is 31.5 Å². The maximum absolute atomic E-state index is 12.5. The number of likely N-dealkylation sites (tertiary alicyclic amines) is 1. The molecule has 1 fully saturated rings. The van der Waals surface area contributed by atoms with Crippen molar-refractivity contribution < 1.29 is 19.1 Å². The number of hydrogen-bond acceptors (Lipinski definition) is 5. The van der Waals surface area contributed by atoms with Gasteiger partial charge in [-0.3, -0.25) is 14.6 Å². The highest BCUT2D eigenvalue weighted by molar-refractivity contribution is 5.98. The molecule has 0 atom stereocenters. The molecule has 7 nitrogen and oxygen atoms in total. The summed E-state index contributed by atoms with van der Waals surface area (Å²) in [6.45, 7) is 1.84. The molecule has 0 unspecified atom stereocenters. The van der Waals surface area contributed by atoms with Crippen LogP contribution in [0, 0.1) is 0 Å². The summed E-state index contributed by atoms with van der Waals surface area (Å²) in [6.07, 6.45) is 3.54. The number of aromatic nitrogens is 1. The van der Waals surface area contributed by atoms with E-state index in [4.69, 9.17) is 9.47 Å². The van der Waals surface area contributed by atoms with Crippen LogP contribution in [0.2, 0.25) is 0 Å². The Balaban J connectivity index is 1.66. The van der Waals surface area contributed by atoms with Crippen molar-refractivity contribution in [2.24, 2.45) is 0 Å². The summed E-state index contributed by atoms with van der Waals surface area (Å²) in [6, 6.07) is 8.63. The summed E-state index contributed by atoms with van der Waals surface area (Å²) in [7, 11) is 3.13. The minimum Gasteiger partial charge on any atom is -0.493 e. The zero-order valence-electron chi connectivity index (χ0n) is 15.5. The van der Waals surface area contributed by atoms with E-state index in [0.29, 0.717) is 23.6 Å². The van der Waals surface area contributed by atoms with Crippen LogP contribution in [0.15, 0.2) is 36.5 Å². The van der Waals surface area contributed by atoms with Gasteiger partial charge in [-0.15, -0.1) is 0 Å². The fourth-order valence-corrected chi connectivity index (χ4v) is 3.05. The number of amides is 2. The minimum atomic E-state index is -0.333. The molecular formula is C20H23N3O4. The third-order valence-electron chi connectivity index (χ3n) is 4.53. The molecule has 0 saturated carbocycles. The number of carbonyl (C=O) groups is 2. The van der Waals surface area contributed by atoms with E-state index in [1.54, 1.807) is 43.4 Å². The Morgan fingerprint density at radius 1 is 1.07 bits per heavy atom. The summed E-state index contributed by atoms with van der Waals surface area (Å²) in [5.74, 6) is 0.840. The normalized spacial score (nSPS) is 13.3. The quantitative estimate of drug-likeness (QED) is 0.845. The molecule has 1 aromatic carbocycles. The third-order valence-corrected chi connectivity index (χ3v) is 4.53. The summed E-state index contributed by atoms with van der Waals surface area (Å²) in [4.78, 5) is 30.8. The van der Waals surface area contributed by atoms with Crippen molar-refractivity contribution >= 4 is 11.8 Å². The van der Waals surface area contributed by atoms with Gasteiger partial charge in [-0.25, -0.2) is 0 Å². The van der Waals surface area contributed by atoms with Crippen LogP contribution >= 0.6 is 0 Å². The number of methoxy groups -OCH3 is 2. The van der Waals surface area contributed by atoms with Crippen LogP contribution in [0.4, 0.5) is 0 Å². The van der Waals surface area contributed by atoms with Crippen LogP contribution in [0.1, 0.15) is 39.3 Å². The molecule has 142 valence electrons. The van der Waals surface area contributed by atoms with Gasteiger partial charge in [0.05, 0.1) is 14.2 Å². The van der Waals surface area contributed by atoms with Crippen LogP contribution in [0.25, 0.3) is 0 Å². The van der Waals surface area contributed by atoms with E-state index >= 15 is 0 Å². The van der Waals surface area contributed by atoms with Gasteiger partial charge in [0.1, 0.15) is 5.69 Å². The molecule has 1 aliphatic rings. The second-order valence-electron chi connectivity index (χ2n) is 6.30. The molecule has 7 heteroatoms. The maximum atomic E-state index is 12.5. The largest absolute Gasteiger partial charge is 0.493 e. The van der Waals surface area contributed by atoms with Gasteiger partial charge in [0.2, 0.25) is 0 Å². The zero-order valence-corrected chi connectivity index (χ0v) is 15.5. The highest BCUT2D eigenvalue weighted by atomic mass is 16.5. The molecule has 1 N–H and O–H groups in total. The number of rotatable bonds is 6. The zero-order chi connectivity index (χ0) is 19.2. The highest BCUT2D eigenvalue weighted by Gasteiger charge is 2.20. The Hall–Kier alpha value is -3.09. The first-order valence-corrected chi connectivity index (χ1v) is 8.87. The Bertz CT molecular complexity index is 832. The Morgan fingerprint density at radius 2 is 1.81 bits per heavy atom. The summed E-state index contributed by atoms with van der Waals surface area (Å²) < 4.78 is 10.5. The van der Waals surface area contributed by atoms with Gasteiger partial charge in [-0.05, 0) is 42.7 Å². The van der Waals surface area contributed by atoms with E-state index in [2.05, 4.69) is 10.3 Å². The molecular weight excluding hydrogens is 346 g/mol. The first-order valence-electron chi connectivity index (χ1n) is 8.87. The van der Waals surface area contributed by atoms with Crippen molar-refractivity contribution in [1.82, 2.24) is 15.2 Å². The van der Waals surface area contributed by atoms with Gasteiger partial charge >= 0.3 is 0 Å². The molecule has 0 spiro atoms. The smallest absolute Gasteiger partial charge is 0.270 e. The lowest BCUT2D eigenvalue weighted by atomic mass is 10.1. The van der Waals surface area contributed by atoms with E-state index in [1.807, 2.05) is 6.07 Å². The molecule has 2 amide bonds. The van der Waals surface area contributed by atoms with Crippen molar-refractivity contribution in [2.75, 3.05) is 27.3 Å². The predicted octanol–water partition coefficient (Wildman–Crippen LogP) is 2.26. The monoisotopic (exact) mass is 369 g/mol. The summed E-state index contributed by atoms with van der Waals surface area (Å²) >= 11 is 0. The molecule has 1 aliphatic heterocycles. The molecule has 2 aromatic rings. The fourth-order valence-electron chi connectivity index (χ4n) is 3.05. The Morgan fingerprint density at radius 3 is 2.52 bits per heavy atom. The molecule has 0 bridgehead atoms. The highest BCUT2D eigenvalue weighted by Crippen LogP contribution is 2.27. The van der Waals surface area contributed by atoms with Crippen LogP contribution in [-0.4, -0.2) is 49.0 Å². The number of nitrogens with one attached hydrogen (secondary N) is 1. The number of ether oxygens (including phenoxy) is 2. The molecule has 27 heavy (non-hydrogen) atoms. The number of pyridine rings is 1. The second kappa shape index (κ2) is 8.53. The van der Waals surface area contributed by atoms with Crippen molar-refractivity contribution in [3.8, 4) is 11.5 Å². The maximum Gasteiger partial charge on any atom is 0.270 e. The standard InChI is InChI=1S/C20H23N3O4/c1-26-17-6-5-14(11-18(17)27-2)13-22-19(24)16-12-15(7-8-21-16)20(25)23-9-3-4-10-23/h5-8,11-12H,3-4,9-10,13H2,1-2H3,(H,22,24). The van der Waals surface area contributed by atoms with Crippen LogP contribution < -0.4 is 14.8 Å². The van der Waals surface area contributed by atoms with Gasteiger partial charge in [0, 0.05) is 31.4 Å². The molecule has 3 rings (SSSR count). The van der Waals surface area contributed by atoms with Gasteiger partial charge in [0.15, 0.2) is 11.5 Å². The van der Waals surface area contributed by atoms with Crippen LogP contribution in [-0.2, 0) is 6.54 Å². The molecule has 1 aromatic heterocycles. The van der Waals surface area contributed by atoms with E-state index in [-0.39, 0.29) is 17.5 Å². The third kappa shape index (κ3) is 4.36. The van der Waals surface area contributed by atoms with Gasteiger partial charge in [0.25, 0.3) is 11.8 Å². The number of hydrogen-bond donors (Lipinski definition) is 1. The van der Waals surface area contributed by atoms with E-state index < -0.39 is 0 Å². The predicted molar refractivity (Wildman–Crippen MR) is 100 cm³/mol. The van der Waals surface area contributed by atoms with Gasteiger partial charge in [-0.2, -0.15) is 0 Å². The van der Waals surface area contributed by atoms with Gasteiger partial charge < -0.3 is 19.7 Å². The Kier molecular flexibility index (Phi) is 5.90. The van der Waals surface area contributed by atoms with Crippen molar-refractivity contribution in [1.29, 1.82) is 0 Å². The average Bonchev–Trinajstić information content (AvgIpc) is 3.26. The molecule has 0 aliphatic carbocycles. The first-order chi connectivity index (χ1) is 13.1. The lowest BCUT2D eigenvalue weighted by Crippen LogP contribution is -2.28. The number of benzene rings is 1. The lowest BCUT2D eigenvalue weighted by molar-refractivity contribution is 0.0792. The number of nitrogens with zero attached hydrogens (tertiary/aromatic N) is 2. The lowest BCUT2D eigenvalue weighted by Gasteiger charge is -2.15. The van der Waals surface area contributed by atoms with Crippen LogP contribution in [0.3, 0.4) is 0 Å². The minimum absolute atomic E-state index is 0.0520. The van der Waals surface area contributed by atoms with E-state index in [1.165, 1.54) is 6.20 Å². The second-order valence-corrected chi connectivity index (χ2v) is 6.30. The van der Waals surface area contributed by atoms with Gasteiger partial charge in [-0.1, -0.05) is 6.07 Å². The molecule has 2 heterocycles. The molecule has 0 radical (unpaired) electrons. The average molecular weight is 369 g/mol. The van der Waals surface area contributed by atoms with Crippen LogP contribution in [0.5, 0.6) is 11.5 Å². The van der Waals surface area contributed by atoms with Crippen molar-refractivity contribution in [2.45, 2.75) is 19.4 Å². The summed E-state index contributed by atoms with van der Waals surface area (Å²) in [5.41, 5.74) is 1.58. The topological polar surface area (TPSA) is 80.8 Å². The summed E-state index contributed by atoms with van der Waals surface area (Å²) in [5, 5.41) is 2.82. The van der Waals surface area contributed by atoms with E-state index in [9.17, 15) is 9.59 Å². The number of carbonyl (C=O) groups excluding carboxylic acids is 2. The van der Waals surface area contributed by atoms with Crippen molar-refractivity contribution in [3.05, 3.63) is 53.3 Å². The molecule has 1 saturated heterocycles. The Labute approximate surface area is 158 Å². The van der Waals surface area contributed by atoms with Crippen molar-refractivity contribution in [3.63, 3.8) is 0 Å². The first kappa shape index (κ1) is 18.7. The SMILES string of the molecule is COc1ccc(CNC(=O)c2cc(C(=O)N3CCCC3)ccn2)cc1OC.